The van der Waals surface area contributed by atoms with Crippen molar-refractivity contribution in [3.05, 3.63) is 0 Å². The molecule has 1 heterocycles. The van der Waals surface area contributed by atoms with E-state index in [-0.39, 0.29) is 11.9 Å². The fourth-order valence-electron chi connectivity index (χ4n) is 6.77. The normalized spacial score (nSPS) is 13.8. The van der Waals surface area contributed by atoms with Gasteiger partial charge in [0.2, 0.25) is 0 Å². The standard InChI is InChI=1S/C41H80N2O4/c1-3-5-7-9-11-13-15-17-19-21-23-25-37-46-40(44)30-35-43(34-29-39-27-32-42-33-28-39)36-31-41(45)47-38-26-24-22-20-18-16-14-12-10-8-6-4-2/h39,42H,3-38H2,1-2H3. The number of piperidine rings is 1. The molecule has 1 fully saturated rings. The molecule has 0 aliphatic carbocycles. The van der Waals surface area contributed by atoms with Crippen LogP contribution in [0.4, 0.5) is 0 Å². The Hall–Kier alpha value is -1.14. The monoisotopic (exact) mass is 665 g/mol. The zero-order valence-electron chi connectivity index (χ0n) is 31.6. The number of rotatable bonds is 35. The van der Waals surface area contributed by atoms with Gasteiger partial charge in [-0.25, -0.2) is 0 Å². The third kappa shape index (κ3) is 30.6. The SMILES string of the molecule is CCCCCCCCCCCCCCOC(=O)CCN(CCC(=O)OCCCCCCCCCCCCCC)CCC1CCNCC1. The topological polar surface area (TPSA) is 67.9 Å². The Kier molecular flexibility index (Phi) is 32.4. The zero-order chi connectivity index (χ0) is 33.9. The molecular formula is C41H80N2O4. The molecule has 0 spiro atoms. The summed E-state index contributed by atoms with van der Waals surface area (Å²) in [7, 11) is 0. The summed E-state index contributed by atoms with van der Waals surface area (Å²) in [5, 5.41) is 3.45. The molecule has 278 valence electrons. The number of nitrogens with one attached hydrogen (secondary N) is 1. The molecule has 0 aromatic carbocycles. The predicted octanol–water partition coefficient (Wildman–Crippen LogP) is 10.9. The molecule has 1 saturated heterocycles. The lowest BCUT2D eigenvalue weighted by Crippen LogP contribution is -2.34. The molecule has 6 nitrogen and oxygen atoms in total. The maximum Gasteiger partial charge on any atom is 0.307 e. The minimum absolute atomic E-state index is 0.102. The average Bonchev–Trinajstić information content (AvgIpc) is 3.09. The average molecular weight is 665 g/mol. The zero-order valence-corrected chi connectivity index (χ0v) is 31.6. The summed E-state index contributed by atoms with van der Waals surface area (Å²) in [6.07, 6.45) is 35.7. The lowest BCUT2D eigenvalue weighted by molar-refractivity contribution is -0.144. The number of ether oxygens (including phenoxy) is 2. The Bertz CT molecular complexity index is 636. The molecule has 0 atom stereocenters. The molecule has 1 N–H and O–H groups in total. The quantitative estimate of drug-likeness (QED) is 0.0537. The third-order valence-corrected chi connectivity index (χ3v) is 10.1. The van der Waals surface area contributed by atoms with Crippen LogP contribution in [0.1, 0.15) is 200 Å². The van der Waals surface area contributed by atoms with Gasteiger partial charge >= 0.3 is 11.9 Å². The molecule has 0 aromatic rings. The van der Waals surface area contributed by atoms with E-state index in [1.54, 1.807) is 0 Å². The van der Waals surface area contributed by atoms with Crippen molar-refractivity contribution in [3.63, 3.8) is 0 Å². The molecule has 0 bridgehead atoms. The van der Waals surface area contributed by atoms with Crippen molar-refractivity contribution in [1.82, 2.24) is 10.2 Å². The number of nitrogens with zero attached hydrogens (tertiary/aromatic N) is 1. The van der Waals surface area contributed by atoms with E-state index >= 15 is 0 Å². The van der Waals surface area contributed by atoms with Gasteiger partial charge in [0.05, 0.1) is 26.1 Å². The number of esters is 2. The highest BCUT2D eigenvalue weighted by molar-refractivity contribution is 5.70. The number of hydrogen-bond donors (Lipinski definition) is 1. The molecule has 47 heavy (non-hydrogen) atoms. The lowest BCUT2D eigenvalue weighted by atomic mass is 9.94. The predicted molar refractivity (Wildman–Crippen MR) is 200 cm³/mol. The number of unbranched alkanes of at least 4 members (excludes halogenated alkanes) is 22. The van der Waals surface area contributed by atoms with Crippen LogP contribution in [0.2, 0.25) is 0 Å². The van der Waals surface area contributed by atoms with Crippen molar-refractivity contribution in [2.24, 2.45) is 5.92 Å². The summed E-state index contributed by atoms with van der Waals surface area (Å²) < 4.78 is 11.1. The maximum absolute atomic E-state index is 12.5. The Balaban J connectivity index is 2.12. The van der Waals surface area contributed by atoms with Crippen LogP contribution in [0.25, 0.3) is 0 Å². The summed E-state index contributed by atoms with van der Waals surface area (Å²) in [5.74, 6) is 0.526. The first-order chi connectivity index (χ1) is 23.2. The number of hydrogen-bond acceptors (Lipinski definition) is 6. The van der Waals surface area contributed by atoms with Crippen LogP contribution in [0.3, 0.4) is 0 Å². The summed E-state index contributed by atoms with van der Waals surface area (Å²) in [4.78, 5) is 27.3. The number of carbonyl (C=O) groups excluding carboxylic acids is 2. The molecular weight excluding hydrogens is 584 g/mol. The highest BCUT2D eigenvalue weighted by atomic mass is 16.5. The van der Waals surface area contributed by atoms with Crippen molar-refractivity contribution in [1.29, 1.82) is 0 Å². The fourth-order valence-corrected chi connectivity index (χ4v) is 6.77. The van der Waals surface area contributed by atoms with Gasteiger partial charge in [-0.05, 0) is 57.7 Å². The van der Waals surface area contributed by atoms with Gasteiger partial charge in [-0.2, -0.15) is 0 Å². The largest absolute Gasteiger partial charge is 0.466 e. The van der Waals surface area contributed by atoms with E-state index < -0.39 is 0 Å². The van der Waals surface area contributed by atoms with E-state index in [0.29, 0.717) is 39.1 Å². The van der Waals surface area contributed by atoms with Gasteiger partial charge in [0.15, 0.2) is 0 Å². The van der Waals surface area contributed by atoms with E-state index in [2.05, 4.69) is 24.1 Å². The fraction of sp³-hybridized carbons (Fsp3) is 0.951. The molecule has 0 radical (unpaired) electrons. The first-order valence-electron chi connectivity index (χ1n) is 20.9. The van der Waals surface area contributed by atoms with Gasteiger partial charge in [0.1, 0.15) is 0 Å². The molecule has 6 heteroatoms. The Morgan fingerprint density at radius 3 is 1.21 bits per heavy atom. The van der Waals surface area contributed by atoms with Crippen molar-refractivity contribution in [3.8, 4) is 0 Å². The summed E-state index contributed by atoms with van der Waals surface area (Å²) in [6, 6.07) is 0. The summed E-state index contributed by atoms with van der Waals surface area (Å²) in [5.41, 5.74) is 0. The van der Waals surface area contributed by atoms with Crippen LogP contribution in [0.15, 0.2) is 0 Å². The van der Waals surface area contributed by atoms with Crippen LogP contribution < -0.4 is 5.32 Å². The van der Waals surface area contributed by atoms with Gasteiger partial charge < -0.3 is 19.7 Å². The van der Waals surface area contributed by atoms with E-state index in [1.807, 2.05) is 0 Å². The first-order valence-corrected chi connectivity index (χ1v) is 20.9. The van der Waals surface area contributed by atoms with Crippen molar-refractivity contribution in [2.45, 2.75) is 200 Å². The minimum Gasteiger partial charge on any atom is -0.466 e. The second-order valence-electron chi connectivity index (χ2n) is 14.5. The third-order valence-electron chi connectivity index (χ3n) is 10.1. The van der Waals surface area contributed by atoms with Gasteiger partial charge in [0, 0.05) is 13.1 Å². The Labute approximate surface area is 292 Å². The van der Waals surface area contributed by atoms with Crippen LogP contribution in [0, 0.1) is 5.92 Å². The van der Waals surface area contributed by atoms with Crippen LogP contribution in [0.5, 0.6) is 0 Å². The second kappa shape index (κ2) is 34.7. The minimum atomic E-state index is -0.102. The van der Waals surface area contributed by atoms with Crippen molar-refractivity contribution in [2.75, 3.05) is 45.9 Å². The van der Waals surface area contributed by atoms with Crippen LogP contribution >= 0.6 is 0 Å². The molecule has 1 rings (SSSR count). The van der Waals surface area contributed by atoms with Gasteiger partial charge in [-0.15, -0.1) is 0 Å². The second-order valence-corrected chi connectivity index (χ2v) is 14.5. The highest BCUT2D eigenvalue weighted by Gasteiger charge is 2.17. The number of carbonyl (C=O) groups is 2. The molecule has 1 aliphatic heterocycles. The lowest BCUT2D eigenvalue weighted by Gasteiger charge is -2.27. The highest BCUT2D eigenvalue weighted by Crippen LogP contribution is 2.17. The van der Waals surface area contributed by atoms with E-state index in [1.165, 1.54) is 141 Å². The summed E-state index contributed by atoms with van der Waals surface area (Å²) in [6.45, 7) is 10.1. The first kappa shape index (κ1) is 43.9. The van der Waals surface area contributed by atoms with Crippen LogP contribution in [-0.4, -0.2) is 62.8 Å². The molecule has 0 aromatic heterocycles. The molecule has 0 unspecified atom stereocenters. The van der Waals surface area contributed by atoms with E-state index in [0.717, 1.165) is 57.7 Å². The van der Waals surface area contributed by atoms with Crippen molar-refractivity contribution < 1.29 is 19.1 Å². The maximum atomic E-state index is 12.5. The Morgan fingerprint density at radius 1 is 0.511 bits per heavy atom. The molecule has 1 aliphatic rings. The smallest absolute Gasteiger partial charge is 0.307 e. The van der Waals surface area contributed by atoms with E-state index in [4.69, 9.17) is 9.47 Å². The summed E-state index contributed by atoms with van der Waals surface area (Å²) >= 11 is 0. The Morgan fingerprint density at radius 2 is 0.851 bits per heavy atom. The molecule has 0 amide bonds. The van der Waals surface area contributed by atoms with E-state index in [9.17, 15) is 9.59 Å². The van der Waals surface area contributed by atoms with Gasteiger partial charge in [0.25, 0.3) is 0 Å². The molecule has 0 saturated carbocycles. The van der Waals surface area contributed by atoms with Crippen molar-refractivity contribution >= 4 is 11.9 Å². The van der Waals surface area contributed by atoms with Crippen LogP contribution in [-0.2, 0) is 19.1 Å². The van der Waals surface area contributed by atoms with Gasteiger partial charge in [-0.1, -0.05) is 155 Å². The van der Waals surface area contributed by atoms with Gasteiger partial charge in [-0.3, -0.25) is 9.59 Å².